The van der Waals surface area contributed by atoms with Gasteiger partial charge < -0.3 is 0 Å². The van der Waals surface area contributed by atoms with Crippen molar-refractivity contribution in [2.24, 2.45) is 0 Å². The summed E-state index contributed by atoms with van der Waals surface area (Å²) in [6.45, 7) is 0. The number of fused-ring (bicyclic) bond motifs is 3. The van der Waals surface area contributed by atoms with Gasteiger partial charge in [0, 0.05) is 23.3 Å². The fraction of sp³-hybridized carbons (Fsp3) is 0. The van der Waals surface area contributed by atoms with Gasteiger partial charge in [-0.3, -0.25) is 4.98 Å². The van der Waals surface area contributed by atoms with Crippen molar-refractivity contribution in [3.63, 3.8) is 0 Å². The molecule has 3 nitrogen and oxygen atoms in total. The smallest absolute Gasteiger partial charge is 0.116 e. The van der Waals surface area contributed by atoms with E-state index in [1.165, 1.54) is 0 Å². The molecule has 1 aliphatic heterocycles. The summed E-state index contributed by atoms with van der Waals surface area (Å²) in [6, 6.07) is 7.93. The lowest BCUT2D eigenvalue weighted by molar-refractivity contribution is 1.23. The highest BCUT2D eigenvalue weighted by molar-refractivity contribution is 5.91. The van der Waals surface area contributed by atoms with Gasteiger partial charge in [-0.2, -0.15) is 0 Å². The third-order valence-corrected chi connectivity index (χ3v) is 2.26. The largest absolute Gasteiger partial charge is 0.256 e. The lowest BCUT2D eigenvalue weighted by Gasteiger charge is -1.94. The molecule has 0 amide bonds. The molecular formula is C11H7N3. The van der Waals surface area contributed by atoms with Crippen molar-refractivity contribution in [1.29, 1.82) is 0 Å². The predicted molar refractivity (Wildman–Crippen MR) is 54.0 cm³/mol. The molecule has 0 saturated carbocycles. The standard InChI is InChI=1S/C11H7N3/c1-2-8-6-12-7-14-11(8)9-4-5-13-10(9)3-1/h1-7H. The zero-order valence-electron chi connectivity index (χ0n) is 7.38. The van der Waals surface area contributed by atoms with Crippen molar-refractivity contribution in [2.45, 2.75) is 0 Å². The number of hydrogen-bond donors (Lipinski definition) is 0. The molecule has 0 radical (unpaired) electrons. The van der Waals surface area contributed by atoms with Crippen LogP contribution >= 0.6 is 0 Å². The summed E-state index contributed by atoms with van der Waals surface area (Å²) in [4.78, 5) is 12.5. The number of hydrogen-bond acceptors (Lipinski definition) is 3. The maximum atomic E-state index is 4.27. The zero-order chi connectivity index (χ0) is 9.38. The molecule has 0 atom stereocenters. The fourth-order valence-corrected chi connectivity index (χ4v) is 1.61. The minimum absolute atomic E-state index is 0.956. The van der Waals surface area contributed by atoms with Crippen LogP contribution in [0.25, 0.3) is 22.2 Å². The van der Waals surface area contributed by atoms with Crippen LogP contribution in [0.2, 0.25) is 0 Å². The van der Waals surface area contributed by atoms with E-state index in [1.807, 2.05) is 30.5 Å². The van der Waals surface area contributed by atoms with E-state index >= 15 is 0 Å². The molecule has 0 saturated heterocycles. The van der Waals surface area contributed by atoms with Gasteiger partial charge in [0.15, 0.2) is 0 Å². The average molecular weight is 181 g/mol. The second kappa shape index (κ2) is 2.73. The SMILES string of the molecule is c1cc2nccc-2c2ncncc2c1. The molecule has 0 spiro atoms. The molecule has 1 aliphatic carbocycles. The van der Waals surface area contributed by atoms with Gasteiger partial charge >= 0.3 is 0 Å². The molecule has 1 aromatic rings. The maximum Gasteiger partial charge on any atom is 0.116 e. The summed E-state index contributed by atoms with van der Waals surface area (Å²) < 4.78 is 0. The Morgan fingerprint density at radius 3 is 3.00 bits per heavy atom. The molecule has 14 heavy (non-hydrogen) atoms. The highest BCUT2D eigenvalue weighted by Crippen LogP contribution is 2.25. The predicted octanol–water partition coefficient (Wildman–Crippen LogP) is 2.13. The molecule has 1 aromatic heterocycles. The summed E-state index contributed by atoms with van der Waals surface area (Å²) in [5, 5.41) is 1.04. The quantitative estimate of drug-likeness (QED) is 0.533. The van der Waals surface area contributed by atoms with E-state index in [0.29, 0.717) is 0 Å². The van der Waals surface area contributed by atoms with Crippen molar-refractivity contribution < 1.29 is 0 Å². The number of aromatic nitrogens is 3. The highest BCUT2D eigenvalue weighted by atomic mass is 14.8. The Bertz CT molecular complexity index is 562. The van der Waals surface area contributed by atoms with Crippen LogP contribution in [-0.2, 0) is 0 Å². The normalized spacial score (nSPS) is 10.9. The third-order valence-electron chi connectivity index (χ3n) is 2.26. The van der Waals surface area contributed by atoms with Gasteiger partial charge in [-0.15, -0.1) is 0 Å². The van der Waals surface area contributed by atoms with Gasteiger partial charge in [-0.05, 0) is 12.1 Å². The van der Waals surface area contributed by atoms with Crippen LogP contribution in [0.1, 0.15) is 0 Å². The number of nitrogens with zero attached hydrogens (tertiary/aromatic N) is 3. The van der Waals surface area contributed by atoms with Crippen molar-refractivity contribution in [3.05, 3.63) is 43.0 Å². The van der Waals surface area contributed by atoms with Crippen LogP contribution in [-0.4, -0.2) is 15.0 Å². The Kier molecular flexibility index (Phi) is 1.44. The van der Waals surface area contributed by atoms with E-state index in [9.17, 15) is 0 Å². The van der Waals surface area contributed by atoms with E-state index in [4.69, 9.17) is 0 Å². The Labute approximate surface area is 80.8 Å². The van der Waals surface area contributed by atoms with Gasteiger partial charge in [0.25, 0.3) is 0 Å². The summed E-state index contributed by atoms with van der Waals surface area (Å²) in [6.07, 6.45) is 5.18. The maximum absolute atomic E-state index is 4.27. The lowest BCUT2D eigenvalue weighted by atomic mass is 10.2. The van der Waals surface area contributed by atoms with E-state index in [0.717, 1.165) is 22.2 Å². The van der Waals surface area contributed by atoms with E-state index in [1.54, 1.807) is 12.5 Å². The first-order chi connectivity index (χ1) is 6.95. The van der Waals surface area contributed by atoms with Gasteiger partial charge in [0.05, 0.1) is 11.2 Å². The summed E-state index contributed by atoms with van der Waals surface area (Å²) in [7, 11) is 0. The Morgan fingerprint density at radius 1 is 1.00 bits per heavy atom. The van der Waals surface area contributed by atoms with Crippen molar-refractivity contribution >= 4 is 10.9 Å². The summed E-state index contributed by atoms with van der Waals surface area (Å²) in [5.74, 6) is 0. The Hall–Kier alpha value is -2.03. The minimum atomic E-state index is 0.956. The number of rotatable bonds is 0. The Morgan fingerprint density at radius 2 is 2.00 bits per heavy atom. The van der Waals surface area contributed by atoms with E-state index < -0.39 is 0 Å². The molecule has 0 N–H and O–H groups in total. The van der Waals surface area contributed by atoms with E-state index in [2.05, 4.69) is 15.0 Å². The first-order valence-electron chi connectivity index (χ1n) is 4.38. The molecular weight excluding hydrogens is 174 g/mol. The average Bonchev–Trinajstić information content (AvgIpc) is 2.61. The third kappa shape index (κ3) is 0.956. The van der Waals surface area contributed by atoms with Crippen LogP contribution in [0.4, 0.5) is 0 Å². The monoisotopic (exact) mass is 181 g/mol. The Balaban J connectivity index is 2.56. The summed E-state index contributed by atoms with van der Waals surface area (Å²) >= 11 is 0. The molecule has 0 aromatic carbocycles. The topological polar surface area (TPSA) is 38.7 Å². The van der Waals surface area contributed by atoms with Crippen LogP contribution in [0.5, 0.6) is 0 Å². The first kappa shape index (κ1) is 7.38. The van der Waals surface area contributed by atoms with Gasteiger partial charge in [0.1, 0.15) is 6.33 Å². The first-order valence-corrected chi connectivity index (χ1v) is 4.38. The summed E-state index contributed by atoms with van der Waals surface area (Å²) in [5.41, 5.74) is 3.00. The van der Waals surface area contributed by atoms with Crippen LogP contribution in [0, 0.1) is 0 Å². The van der Waals surface area contributed by atoms with E-state index in [-0.39, 0.29) is 0 Å². The van der Waals surface area contributed by atoms with Gasteiger partial charge in [-0.25, -0.2) is 9.97 Å². The van der Waals surface area contributed by atoms with Crippen LogP contribution in [0.3, 0.4) is 0 Å². The van der Waals surface area contributed by atoms with Gasteiger partial charge in [-0.1, -0.05) is 12.1 Å². The molecule has 0 unspecified atom stereocenters. The van der Waals surface area contributed by atoms with Crippen LogP contribution in [0.15, 0.2) is 43.0 Å². The van der Waals surface area contributed by atoms with Crippen LogP contribution < -0.4 is 0 Å². The second-order valence-corrected chi connectivity index (χ2v) is 3.10. The van der Waals surface area contributed by atoms with Crippen molar-refractivity contribution in [2.75, 3.05) is 0 Å². The zero-order valence-corrected chi connectivity index (χ0v) is 7.38. The van der Waals surface area contributed by atoms with Crippen molar-refractivity contribution in [1.82, 2.24) is 15.0 Å². The van der Waals surface area contributed by atoms with Crippen molar-refractivity contribution in [3.8, 4) is 11.3 Å². The molecule has 3 heteroatoms. The molecule has 2 aliphatic rings. The molecule has 0 fully saturated rings. The highest BCUT2D eigenvalue weighted by Gasteiger charge is 2.06. The molecule has 3 rings (SSSR count). The van der Waals surface area contributed by atoms with Gasteiger partial charge in [0.2, 0.25) is 0 Å². The molecule has 0 bridgehead atoms. The fourth-order valence-electron chi connectivity index (χ4n) is 1.61. The molecule has 66 valence electrons. The minimum Gasteiger partial charge on any atom is -0.256 e. The molecule has 2 heterocycles. The second-order valence-electron chi connectivity index (χ2n) is 3.10. The lowest BCUT2D eigenvalue weighted by Crippen LogP contribution is -1.80.